The molecule has 3 heteroatoms. The zero-order valence-corrected chi connectivity index (χ0v) is 6.99. The Bertz CT molecular complexity index is 260. The number of pyridine rings is 1. The molecule has 1 rings (SSSR count). The molecule has 0 saturated heterocycles. The summed E-state index contributed by atoms with van der Waals surface area (Å²) < 4.78 is 5.28. The number of carbonyl (C=O) groups is 1. The smallest absolute Gasteiger partial charge is 0.172 e. The zero-order chi connectivity index (χ0) is 8.81. The standard InChI is InChI=1S/C9H11NO2/c1-2-6-12-9-4-3-5-10-8(9)7-11/h3-5,7H,2,6H2,1H3. The van der Waals surface area contributed by atoms with E-state index in [0.717, 1.165) is 6.42 Å². The number of hydrogen-bond donors (Lipinski definition) is 0. The summed E-state index contributed by atoms with van der Waals surface area (Å²) in [6.45, 7) is 2.63. The molecule has 64 valence electrons. The zero-order valence-electron chi connectivity index (χ0n) is 6.99. The van der Waals surface area contributed by atoms with Gasteiger partial charge in [-0.3, -0.25) is 4.79 Å². The van der Waals surface area contributed by atoms with Crippen LogP contribution in [0.5, 0.6) is 5.75 Å². The maximum atomic E-state index is 10.4. The molecule has 1 aromatic rings. The monoisotopic (exact) mass is 165 g/mol. The van der Waals surface area contributed by atoms with Crippen LogP contribution in [0.4, 0.5) is 0 Å². The molecule has 0 aromatic carbocycles. The van der Waals surface area contributed by atoms with Crippen LogP contribution < -0.4 is 4.74 Å². The van der Waals surface area contributed by atoms with Crippen molar-refractivity contribution < 1.29 is 9.53 Å². The van der Waals surface area contributed by atoms with E-state index in [1.54, 1.807) is 18.3 Å². The summed E-state index contributed by atoms with van der Waals surface area (Å²) in [7, 11) is 0. The average molecular weight is 165 g/mol. The molecule has 0 radical (unpaired) electrons. The van der Waals surface area contributed by atoms with E-state index in [1.807, 2.05) is 6.92 Å². The van der Waals surface area contributed by atoms with Crippen LogP contribution in [-0.2, 0) is 0 Å². The van der Waals surface area contributed by atoms with Gasteiger partial charge < -0.3 is 4.74 Å². The van der Waals surface area contributed by atoms with Gasteiger partial charge in [-0.15, -0.1) is 0 Å². The van der Waals surface area contributed by atoms with Gasteiger partial charge in [0, 0.05) is 6.20 Å². The molecule has 0 N–H and O–H groups in total. The van der Waals surface area contributed by atoms with E-state index >= 15 is 0 Å². The maximum absolute atomic E-state index is 10.4. The predicted molar refractivity (Wildman–Crippen MR) is 45.4 cm³/mol. The van der Waals surface area contributed by atoms with Crippen molar-refractivity contribution in [1.29, 1.82) is 0 Å². The van der Waals surface area contributed by atoms with E-state index in [1.165, 1.54) is 0 Å². The number of nitrogens with zero attached hydrogens (tertiary/aromatic N) is 1. The van der Waals surface area contributed by atoms with E-state index in [0.29, 0.717) is 24.3 Å². The topological polar surface area (TPSA) is 39.2 Å². The third-order valence-electron chi connectivity index (χ3n) is 1.37. The van der Waals surface area contributed by atoms with Gasteiger partial charge in [0.1, 0.15) is 11.4 Å². The summed E-state index contributed by atoms with van der Waals surface area (Å²) in [4.78, 5) is 14.3. The largest absolute Gasteiger partial charge is 0.491 e. The lowest BCUT2D eigenvalue weighted by molar-refractivity contribution is 0.111. The quantitative estimate of drug-likeness (QED) is 0.637. The van der Waals surface area contributed by atoms with Crippen LogP contribution in [0.2, 0.25) is 0 Å². The molecular formula is C9H11NO2. The second-order valence-electron chi connectivity index (χ2n) is 2.35. The molecule has 0 atom stereocenters. The molecule has 0 spiro atoms. The summed E-state index contributed by atoms with van der Waals surface area (Å²) in [6, 6.07) is 3.49. The van der Waals surface area contributed by atoms with E-state index in [-0.39, 0.29) is 0 Å². The fraction of sp³-hybridized carbons (Fsp3) is 0.333. The molecule has 12 heavy (non-hydrogen) atoms. The Kier molecular flexibility index (Phi) is 3.26. The summed E-state index contributed by atoms with van der Waals surface area (Å²) in [5.74, 6) is 0.564. The molecule has 0 amide bonds. The molecule has 0 fully saturated rings. The third-order valence-corrected chi connectivity index (χ3v) is 1.37. The highest BCUT2D eigenvalue weighted by Crippen LogP contribution is 2.12. The van der Waals surface area contributed by atoms with Crippen LogP contribution in [0.1, 0.15) is 23.8 Å². The summed E-state index contributed by atoms with van der Waals surface area (Å²) in [5, 5.41) is 0. The van der Waals surface area contributed by atoms with Gasteiger partial charge in [-0.2, -0.15) is 0 Å². The highest BCUT2D eigenvalue weighted by Gasteiger charge is 2.00. The van der Waals surface area contributed by atoms with E-state index < -0.39 is 0 Å². The predicted octanol–water partition coefficient (Wildman–Crippen LogP) is 1.68. The van der Waals surface area contributed by atoms with Crippen molar-refractivity contribution in [3.05, 3.63) is 24.0 Å². The van der Waals surface area contributed by atoms with Crippen LogP contribution in [-0.4, -0.2) is 17.9 Å². The first-order valence-corrected chi connectivity index (χ1v) is 3.91. The fourth-order valence-corrected chi connectivity index (χ4v) is 0.825. The Morgan fingerprint density at radius 2 is 2.50 bits per heavy atom. The van der Waals surface area contributed by atoms with Gasteiger partial charge >= 0.3 is 0 Å². The van der Waals surface area contributed by atoms with Crippen LogP contribution in [0.3, 0.4) is 0 Å². The summed E-state index contributed by atoms with van der Waals surface area (Å²) >= 11 is 0. The number of aldehydes is 1. The van der Waals surface area contributed by atoms with Gasteiger partial charge in [0.2, 0.25) is 0 Å². The van der Waals surface area contributed by atoms with E-state index in [4.69, 9.17) is 4.74 Å². The molecular weight excluding hydrogens is 154 g/mol. The fourth-order valence-electron chi connectivity index (χ4n) is 0.825. The van der Waals surface area contributed by atoms with Crippen LogP contribution >= 0.6 is 0 Å². The number of carbonyl (C=O) groups excluding carboxylic acids is 1. The van der Waals surface area contributed by atoms with Crippen molar-refractivity contribution in [1.82, 2.24) is 4.98 Å². The molecule has 0 saturated carbocycles. The first kappa shape index (κ1) is 8.71. The molecule has 0 bridgehead atoms. The second-order valence-corrected chi connectivity index (χ2v) is 2.35. The minimum absolute atomic E-state index is 0.367. The van der Waals surface area contributed by atoms with E-state index in [9.17, 15) is 4.79 Å². The van der Waals surface area contributed by atoms with Crippen molar-refractivity contribution in [3.8, 4) is 5.75 Å². The number of hydrogen-bond acceptors (Lipinski definition) is 3. The molecule has 1 aromatic heterocycles. The van der Waals surface area contributed by atoms with E-state index in [2.05, 4.69) is 4.98 Å². The van der Waals surface area contributed by atoms with Gasteiger partial charge in [0.05, 0.1) is 6.61 Å². The lowest BCUT2D eigenvalue weighted by Crippen LogP contribution is -1.99. The third kappa shape index (κ3) is 2.05. The Labute approximate surface area is 71.4 Å². The van der Waals surface area contributed by atoms with Crippen LogP contribution in [0, 0.1) is 0 Å². The number of rotatable bonds is 4. The lowest BCUT2D eigenvalue weighted by atomic mass is 10.3. The molecule has 3 nitrogen and oxygen atoms in total. The van der Waals surface area contributed by atoms with Gasteiger partial charge in [-0.25, -0.2) is 4.98 Å². The van der Waals surface area contributed by atoms with Crippen molar-refractivity contribution in [2.24, 2.45) is 0 Å². The van der Waals surface area contributed by atoms with Crippen molar-refractivity contribution in [2.45, 2.75) is 13.3 Å². The van der Waals surface area contributed by atoms with Gasteiger partial charge in [0.15, 0.2) is 6.29 Å². The Hall–Kier alpha value is -1.38. The Morgan fingerprint density at radius 1 is 1.67 bits per heavy atom. The maximum Gasteiger partial charge on any atom is 0.172 e. The summed E-state index contributed by atoms with van der Waals surface area (Å²) in [5.41, 5.74) is 0.367. The first-order chi connectivity index (χ1) is 5.88. The summed E-state index contributed by atoms with van der Waals surface area (Å²) in [6.07, 6.45) is 3.20. The lowest BCUT2D eigenvalue weighted by Gasteiger charge is -2.04. The minimum Gasteiger partial charge on any atom is -0.491 e. The molecule has 0 aliphatic rings. The van der Waals surface area contributed by atoms with Crippen molar-refractivity contribution in [2.75, 3.05) is 6.61 Å². The van der Waals surface area contributed by atoms with Gasteiger partial charge in [0.25, 0.3) is 0 Å². The Balaban J connectivity index is 2.75. The highest BCUT2D eigenvalue weighted by molar-refractivity contribution is 5.75. The van der Waals surface area contributed by atoms with Crippen LogP contribution in [0.15, 0.2) is 18.3 Å². The first-order valence-electron chi connectivity index (χ1n) is 3.91. The average Bonchev–Trinajstić information content (AvgIpc) is 2.15. The molecule has 1 heterocycles. The highest BCUT2D eigenvalue weighted by atomic mass is 16.5. The number of ether oxygens (including phenoxy) is 1. The normalized spacial score (nSPS) is 9.42. The molecule has 0 aliphatic heterocycles. The van der Waals surface area contributed by atoms with Crippen molar-refractivity contribution in [3.63, 3.8) is 0 Å². The van der Waals surface area contributed by atoms with Gasteiger partial charge in [-0.1, -0.05) is 6.92 Å². The second kappa shape index (κ2) is 4.49. The minimum atomic E-state index is 0.367. The number of aromatic nitrogens is 1. The van der Waals surface area contributed by atoms with Crippen molar-refractivity contribution >= 4 is 6.29 Å². The van der Waals surface area contributed by atoms with Crippen LogP contribution in [0.25, 0.3) is 0 Å². The molecule has 0 unspecified atom stereocenters. The Morgan fingerprint density at radius 3 is 3.17 bits per heavy atom. The van der Waals surface area contributed by atoms with Gasteiger partial charge in [-0.05, 0) is 18.6 Å². The SMILES string of the molecule is CCCOc1cccnc1C=O. The molecule has 0 aliphatic carbocycles.